The first kappa shape index (κ1) is 16.0. The Bertz CT molecular complexity index is 699. The number of sulfonamides is 1. The third kappa shape index (κ3) is 4.30. The fraction of sp³-hybridized carbons (Fsp3) is 0.200. The highest BCUT2D eigenvalue weighted by Crippen LogP contribution is 2.22. The fourth-order valence-corrected chi connectivity index (χ4v) is 3.14. The number of benzene rings is 2. The maximum atomic E-state index is 12.4. The molecule has 0 spiro atoms. The van der Waals surface area contributed by atoms with Gasteiger partial charge in [0.15, 0.2) is 0 Å². The highest BCUT2D eigenvalue weighted by molar-refractivity contribution is 9.10. The molecule has 2 rings (SSSR count). The van der Waals surface area contributed by atoms with Gasteiger partial charge in [0.2, 0.25) is 0 Å². The van der Waals surface area contributed by atoms with Crippen molar-refractivity contribution in [2.24, 2.45) is 0 Å². The molecule has 0 heterocycles. The van der Waals surface area contributed by atoms with Crippen LogP contribution < -0.4 is 4.72 Å². The number of ether oxygens (including phenoxy) is 1. The summed E-state index contributed by atoms with van der Waals surface area (Å²) in [4.78, 5) is 0.219. The molecule has 4 nitrogen and oxygen atoms in total. The van der Waals surface area contributed by atoms with E-state index in [9.17, 15) is 8.42 Å². The molecule has 2 aromatic rings. The molecular formula is C15H16BrNO3S. The zero-order valence-corrected chi connectivity index (χ0v) is 13.9. The van der Waals surface area contributed by atoms with Crippen molar-refractivity contribution in [2.75, 3.05) is 11.3 Å². The lowest BCUT2D eigenvalue weighted by Crippen LogP contribution is -2.14. The van der Waals surface area contributed by atoms with Crippen LogP contribution in [0.4, 0.5) is 5.69 Å². The molecular weight excluding hydrogens is 354 g/mol. The summed E-state index contributed by atoms with van der Waals surface area (Å²) in [5.41, 5.74) is 1.34. The van der Waals surface area contributed by atoms with E-state index >= 15 is 0 Å². The Morgan fingerprint density at radius 2 is 1.76 bits per heavy atom. The van der Waals surface area contributed by atoms with Crippen molar-refractivity contribution in [3.63, 3.8) is 0 Å². The van der Waals surface area contributed by atoms with Gasteiger partial charge in [-0.25, -0.2) is 8.42 Å². The van der Waals surface area contributed by atoms with Crippen LogP contribution in [0.25, 0.3) is 0 Å². The van der Waals surface area contributed by atoms with Gasteiger partial charge in [-0.05, 0) is 37.3 Å². The van der Waals surface area contributed by atoms with Crippen LogP contribution >= 0.6 is 15.9 Å². The summed E-state index contributed by atoms with van der Waals surface area (Å²) in [6.45, 7) is 2.85. The van der Waals surface area contributed by atoms with E-state index in [1.54, 1.807) is 36.4 Å². The third-order valence-corrected chi connectivity index (χ3v) is 4.76. The summed E-state index contributed by atoms with van der Waals surface area (Å²) in [5.74, 6) is 0. The Balaban J connectivity index is 2.26. The molecule has 0 aliphatic carbocycles. The summed E-state index contributed by atoms with van der Waals surface area (Å²) >= 11 is 3.29. The predicted molar refractivity (Wildman–Crippen MR) is 86.7 cm³/mol. The van der Waals surface area contributed by atoms with Crippen LogP contribution in [0.2, 0.25) is 0 Å². The number of rotatable bonds is 6. The number of hydrogen-bond acceptors (Lipinski definition) is 3. The topological polar surface area (TPSA) is 55.4 Å². The van der Waals surface area contributed by atoms with E-state index in [0.29, 0.717) is 18.9 Å². The van der Waals surface area contributed by atoms with Crippen LogP contribution in [-0.2, 0) is 21.4 Å². The van der Waals surface area contributed by atoms with E-state index in [-0.39, 0.29) is 4.90 Å². The zero-order valence-electron chi connectivity index (χ0n) is 11.5. The first-order valence-corrected chi connectivity index (χ1v) is 8.74. The number of halogens is 1. The Morgan fingerprint density at radius 3 is 2.43 bits per heavy atom. The van der Waals surface area contributed by atoms with Crippen molar-refractivity contribution in [1.29, 1.82) is 0 Å². The van der Waals surface area contributed by atoms with Gasteiger partial charge >= 0.3 is 0 Å². The molecule has 0 aliphatic heterocycles. The van der Waals surface area contributed by atoms with Gasteiger partial charge in [0.1, 0.15) is 0 Å². The van der Waals surface area contributed by atoms with Gasteiger partial charge in [0.25, 0.3) is 10.0 Å². The summed E-state index contributed by atoms with van der Waals surface area (Å²) in [5, 5.41) is 0. The molecule has 0 radical (unpaired) electrons. The maximum Gasteiger partial charge on any atom is 0.261 e. The summed E-state index contributed by atoms with van der Waals surface area (Å²) < 4.78 is 33.5. The van der Waals surface area contributed by atoms with Gasteiger partial charge in [-0.2, -0.15) is 0 Å². The Kier molecular flexibility index (Phi) is 5.39. The fourth-order valence-electron chi connectivity index (χ4n) is 1.78. The molecule has 112 valence electrons. The molecule has 0 saturated carbocycles. The molecule has 0 atom stereocenters. The first-order valence-electron chi connectivity index (χ1n) is 6.47. The number of hydrogen-bond donors (Lipinski definition) is 1. The lowest BCUT2D eigenvalue weighted by atomic mass is 10.2. The minimum Gasteiger partial charge on any atom is -0.377 e. The quantitative estimate of drug-likeness (QED) is 0.842. The van der Waals surface area contributed by atoms with Crippen molar-refractivity contribution in [3.05, 3.63) is 58.6 Å². The van der Waals surface area contributed by atoms with Crippen LogP contribution in [0, 0.1) is 0 Å². The van der Waals surface area contributed by atoms with E-state index in [2.05, 4.69) is 20.7 Å². The van der Waals surface area contributed by atoms with Gasteiger partial charge in [0.05, 0.1) is 17.2 Å². The summed E-state index contributed by atoms with van der Waals surface area (Å²) in [6.07, 6.45) is 0. The van der Waals surface area contributed by atoms with E-state index in [4.69, 9.17) is 4.74 Å². The Morgan fingerprint density at radius 1 is 1.10 bits per heavy atom. The van der Waals surface area contributed by atoms with E-state index in [1.807, 2.05) is 19.1 Å². The van der Waals surface area contributed by atoms with Gasteiger partial charge in [-0.15, -0.1) is 0 Å². The summed E-state index contributed by atoms with van der Waals surface area (Å²) in [7, 11) is -3.60. The third-order valence-electron chi connectivity index (χ3n) is 2.85. The molecule has 1 N–H and O–H groups in total. The molecule has 0 fully saturated rings. The van der Waals surface area contributed by atoms with Gasteiger partial charge in [-0.3, -0.25) is 4.72 Å². The molecule has 0 aliphatic rings. The summed E-state index contributed by atoms with van der Waals surface area (Å²) in [6, 6.07) is 13.7. The molecule has 0 amide bonds. The normalized spacial score (nSPS) is 11.3. The zero-order chi connectivity index (χ0) is 15.3. The monoisotopic (exact) mass is 369 g/mol. The van der Waals surface area contributed by atoms with E-state index in [0.717, 1.165) is 10.0 Å². The molecule has 21 heavy (non-hydrogen) atoms. The van der Waals surface area contributed by atoms with Crippen molar-refractivity contribution in [2.45, 2.75) is 18.4 Å². The molecule has 0 aromatic heterocycles. The van der Waals surface area contributed by atoms with Crippen LogP contribution in [-0.4, -0.2) is 15.0 Å². The predicted octanol–water partition coefficient (Wildman–Crippen LogP) is 3.79. The first-order chi connectivity index (χ1) is 10.0. The lowest BCUT2D eigenvalue weighted by molar-refractivity contribution is 0.134. The minimum absolute atomic E-state index is 0.219. The molecule has 2 aromatic carbocycles. The van der Waals surface area contributed by atoms with Crippen molar-refractivity contribution in [1.82, 2.24) is 0 Å². The van der Waals surface area contributed by atoms with E-state index in [1.165, 1.54) is 0 Å². The standard InChI is InChI=1S/C15H16BrNO3S/c1-2-20-11-12-5-3-4-6-15(12)17-21(18,19)14-9-7-13(16)8-10-14/h3-10,17H,2,11H2,1H3. The second-order valence-electron chi connectivity index (χ2n) is 4.35. The lowest BCUT2D eigenvalue weighted by Gasteiger charge is -2.12. The van der Waals surface area contributed by atoms with E-state index < -0.39 is 10.0 Å². The second kappa shape index (κ2) is 7.06. The molecule has 0 bridgehead atoms. The highest BCUT2D eigenvalue weighted by Gasteiger charge is 2.15. The van der Waals surface area contributed by atoms with Gasteiger partial charge in [0, 0.05) is 16.6 Å². The number of anilines is 1. The highest BCUT2D eigenvalue weighted by atomic mass is 79.9. The SMILES string of the molecule is CCOCc1ccccc1NS(=O)(=O)c1ccc(Br)cc1. The number of nitrogens with one attached hydrogen (secondary N) is 1. The molecule has 0 unspecified atom stereocenters. The van der Waals surface area contributed by atoms with Crippen molar-refractivity contribution in [3.8, 4) is 0 Å². The maximum absolute atomic E-state index is 12.4. The minimum atomic E-state index is -3.60. The Labute approximate surface area is 133 Å². The van der Waals surface area contributed by atoms with Crippen LogP contribution in [0.15, 0.2) is 57.9 Å². The van der Waals surface area contributed by atoms with Crippen molar-refractivity contribution >= 4 is 31.6 Å². The largest absolute Gasteiger partial charge is 0.377 e. The molecule has 0 saturated heterocycles. The van der Waals surface area contributed by atoms with Gasteiger partial charge in [-0.1, -0.05) is 34.1 Å². The molecule has 6 heteroatoms. The van der Waals surface area contributed by atoms with Gasteiger partial charge < -0.3 is 4.74 Å². The number of para-hydroxylation sites is 1. The van der Waals surface area contributed by atoms with Crippen LogP contribution in [0.1, 0.15) is 12.5 Å². The van der Waals surface area contributed by atoms with Crippen LogP contribution in [0.5, 0.6) is 0 Å². The van der Waals surface area contributed by atoms with Crippen LogP contribution in [0.3, 0.4) is 0 Å². The Hall–Kier alpha value is -1.37. The second-order valence-corrected chi connectivity index (χ2v) is 6.95. The average Bonchev–Trinajstić information content (AvgIpc) is 2.46. The average molecular weight is 370 g/mol. The van der Waals surface area contributed by atoms with Crippen molar-refractivity contribution < 1.29 is 13.2 Å². The smallest absolute Gasteiger partial charge is 0.261 e.